The second-order valence-corrected chi connectivity index (χ2v) is 6.58. The van der Waals surface area contributed by atoms with Crippen LogP contribution in [-0.4, -0.2) is 63.3 Å². The smallest absolute Gasteiger partial charge is 0.193 e. The van der Waals surface area contributed by atoms with E-state index in [0.717, 1.165) is 54.9 Å². The third-order valence-electron chi connectivity index (χ3n) is 4.49. The zero-order chi connectivity index (χ0) is 17.6. The summed E-state index contributed by atoms with van der Waals surface area (Å²) in [6.07, 6.45) is 5.91. The number of nitrogens with zero attached hydrogens (tertiary/aromatic N) is 6. The molecular weight excluding hydrogens is 443 g/mol. The first kappa shape index (κ1) is 20.7. The molecular formula is C17H29IN8. The Balaban J connectivity index is 0.00000243. The minimum Gasteiger partial charge on any atom is -0.367 e. The molecule has 1 aliphatic heterocycles. The number of aliphatic imine (C=N–C) groups is 1. The quantitative estimate of drug-likeness (QED) is 0.300. The number of likely N-dealkylation sites (tertiary alicyclic amines) is 1. The van der Waals surface area contributed by atoms with Crippen LogP contribution >= 0.6 is 24.0 Å². The molecule has 26 heavy (non-hydrogen) atoms. The number of rotatable bonds is 5. The number of guanidine groups is 1. The van der Waals surface area contributed by atoms with Crippen LogP contribution in [0.15, 0.2) is 17.5 Å². The topological polar surface area (TPSA) is 83.3 Å². The van der Waals surface area contributed by atoms with Gasteiger partial charge in [-0.05, 0) is 25.7 Å². The maximum atomic E-state index is 4.78. The Morgan fingerprint density at radius 1 is 1.38 bits per heavy atom. The van der Waals surface area contributed by atoms with E-state index >= 15 is 0 Å². The van der Waals surface area contributed by atoms with E-state index in [-0.39, 0.29) is 24.0 Å². The maximum absolute atomic E-state index is 4.78. The summed E-state index contributed by atoms with van der Waals surface area (Å²) < 4.78 is 1.75. The average molecular weight is 472 g/mol. The predicted molar refractivity (Wildman–Crippen MR) is 116 cm³/mol. The van der Waals surface area contributed by atoms with Gasteiger partial charge in [-0.1, -0.05) is 6.92 Å². The zero-order valence-corrected chi connectivity index (χ0v) is 18.1. The Morgan fingerprint density at radius 3 is 3.00 bits per heavy atom. The van der Waals surface area contributed by atoms with Crippen molar-refractivity contribution in [3.8, 4) is 0 Å². The summed E-state index contributed by atoms with van der Waals surface area (Å²) in [5.74, 6) is 2.56. The van der Waals surface area contributed by atoms with Gasteiger partial charge >= 0.3 is 0 Å². The van der Waals surface area contributed by atoms with Gasteiger partial charge in [0.15, 0.2) is 11.6 Å². The Hall–Kier alpha value is -1.65. The first-order chi connectivity index (χ1) is 12.2. The fourth-order valence-electron chi connectivity index (χ4n) is 3.25. The molecule has 0 saturated carbocycles. The van der Waals surface area contributed by atoms with Crippen LogP contribution in [0.3, 0.4) is 0 Å². The molecule has 0 bridgehead atoms. The molecule has 2 aromatic rings. The van der Waals surface area contributed by atoms with Crippen molar-refractivity contribution < 1.29 is 0 Å². The zero-order valence-electron chi connectivity index (χ0n) is 15.8. The van der Waals surface area contributed by atoms with E-state index in [9.17, 15) is 0 Å². The van der Waals surface area contributed by atoms with Crippen molar-refractivity contribution in [3.05, 3.63) is 12.5 Å². The molecule has 1 saturated heterocycles. The molecule has 1 fully saturated rings. The van der Waals surface area contributed by atoms with Gasteiger partial charge in [-0.2, -0.15) is 5.10 Å². The molecule has 0 spiro atoms. The summed E-state index contributed by atoms with van der Waals surface area (Å²) >= 11 is 0. The molecule has 1 unspecified atom stereocenters. The number of piperidine rings is 1. The summed E-state index contributed by atoms with van der Waals surface area (Å²) in [4.78, 5) is 15.7. The van der Waals surface area contributed by atoms with Gasteiger partial charge in [-0.15, -0.1) is 24.0 Å². The number of hydrogen-bond donors (Lipinski definition) is 2. The molecule has 0 amide bonds. The molecule has 3 rings (SSSR count). The van der Waals surface area contributed by atoms with Crippen molar-refractivity contribution in [1.29, 1.82) is 0 Å². The summed E-state index contributed by atoms with van der Waals surface area (Å²) in [7, 11) is 1.88. The van der Waals surface area contributed by atoms with Crippen molar-refractivity contribution in [2.75, 3.05) is 38.0 Å². The van der Waals surface area contributed by atoms with Crippen molar-refractivity contribution >= 4 is 46.8 Å². The second kappa shape index (κ2) is 9.89. The van der Waals surface area contributed by atoms with Gasteiger partial charge in [-0.3, -0.25) is 9.67 Å². The lowest BCUT2D eigenvalue weighted by Gasteiger charge is -2.33. The van der Waals surface area contributed by atoms with E-state index in [1.54, 1.807) is 17.2 Å². The lowest BCUT2D eigenvalue weighted by atomic mass is 10.0. The number of nitrogens with one attached hydrogen (secondary N) is 2. The molecule has 1 atom stereocenters. The predicted octanol–water partition coefficient (Wildman–Crippen LogP) is 2.09. The highest BCUT2D eigenvalue weighted by Crippen LogP contribution is 2.17. The van der Waals surface area contributed by atoms with Crippen LogP contribution in [0.1, 0.15) is 26.7 Å². The summed E-state index contributed by atoms with van der Waals surface area (Å²) in [6, 6.07) is 0. The summed E-state index contributed by atoms with van der Waals surface area (Å²) in [6.45, 7) is 8.90. The highest BCUT2D eigenvalue weighted by atomic mass is 127. The van der Waals surface area contributed by atoms with Gasteiger partial charge in [0.05, 0.1) is 18.1 Å². The van der Waals surface area contributed by atoms with Crippen molar-refractivity contribution in [2.45, 2.75) is 26.7 Å². The normalized spacial score (nSPS) is 17.9. The van der Waals surface area contributed by atoms with E-state index in [1.807, 2.05) is 7.05 Å². The monoisotopic (exact) mass is 472 g/mol. The molecule has 2 aromatic heterocycles. The first-order valence-corrected chi connectivity index (χ1v) is 9.09. The van der Waals surface area contributed by atoms with E-state index in [4.69, 9.17) is 4.99 Å². The summed E-state index contributed by atoms with van der Waals surface area (Å²) in [5, 5.41) is 11.9. The molecule has 144 valence electrons. The third-order valence-corrected chi connectivity index (χ3v) is 4.49. The molecule has 2 N–H and O–H groups in total. The van der Waals surface area contributed by atoms with E-state index in [2.05, 4.69) is 44.4 Å². The first-order valence-electron chi connectivity index (χ1n) is 9.09. The van der Waals surface area contributed by atoms with E-state index in [1.165, 1.54) is 12.8 Å². The van der Waals surface area contributed by atoms with Gasteiger partial charge < -0.3 is 15.5 Å². The van der Waals surface area contributed by atoms with Crippen LogP contribution in [-0.2, 0) is 7.05 Å². The van der Waals surface area contributed by atoms with E-state index < -0.39 is 0 Å². The Labute approximate surface area is 171 Å². The van der Waals surface area contributed by atoms with Crippen LogP contribution in [0.25, 0.3) is 11.0 Å². The highest BCUT2D eigenvalue weighted by molar-refractivity contribution is 14.0. The fourth-order valence-corrected chi connectivity index (χ4v) is 3.25. The van der Waals surface area contributed by atoms with Gasteiger partial charge in [-0.25, -0.2) is 9.97 Å². The Morgan fingerprint density at radius 2 is 2.23 bits per heavy atom. The van der Waals surface area contributed by atoms with Crippen LogP contribution in [0.2, 0.25) is 0 Å². The van der Waals surface area contributed by atoms with Gasteiger partial charge in [0.25, 0.3) is 0 Å². The average Bonchev–Trinajstić information content (AvgIpc) is 3.00. The van der Waals surface area contributed by atoms with Crippen LogP contribution < -0.4 is 10.6 Å². The molecule has 1 aliphatic rings. The number of anilines is 1. The number of fused-ring (bicyclic) bond motifs is 1. The second-order valence-electron chi connectivity index (χ2n) is 6.58. The van der Waals surface area contributed by atoms with Crippen molar-refractivity contribution in [3.63, 3.8) is 0 Å². The van der Waals surface area contributed by atoms with Crippen LogP contribution in [0.4, 0.5) is 5.82 Å². The number of hydrogen-bond acceptors (Lipinski definition) is 5. The lowest BCUT2D eigenvalue weighted by Crippen LogP contribution is -2.46. The molecule has 3 heterocycles. The Bertz CT molecular complexity index is 729. The third kappa shape index (κ3) is 4.95. The van der Waals surface area contributed by atoms with Gasteiger partial charge in [0.1, 0.15) is 12.1 Å². The standard InChI is InChI=1S/C17H28N8.HI/c1-4-18-17(25-9-5-6-13(2)11-25)20-8-7-19-15-14-10-23-24(3)16(14)22-12-21-15;/h10,12-13H,4-9,11H2,1-3H3,(H,18,20)(H,19,21,22);1H. The van der Waals surface area contributed by atoms with Crippen LogP contribution in [0, 0.1) is 5.92 Å². The molecule has 8 nitrogen and oxygen atoms in total. The molecule has 9 heteroatoms. The van der Waals surface area contributed by atoms with Crippen molar-refractivity contribution in [2.24, 2.45) is 18.0 Å². The number of aromatic nitrogens is 4. The van der Waals surface area contributed by atoms with E-state index in [0.29, 0.717) is 6.54 Å². The fraction of sp³-hybridized carbons (Fsp3) is 0.647. The minimum absolute atomic E-state index is 0. The van der Waals surface area contributed by atoms with Gasteiger partial charge in [0, 0.05) is 33.2 Å². The molecule has 0 radical (unpaired) electrons. The van der Waals surface area contributed by atoms with Gasteiger partial charge in [0.2, 0.25) is 0 Å². The minimum atomic E-state index is 0. The highest BCUT2D eigenvalue weighted by Gasteiger charge is 2.18. The molecule has 0 aromatic carbocycles. The molecule has 0 aliphatic carbocycles. The number of halogens is 1. The summed E-state index contributed by atoms with van der Waals surface area (Å²) in [5.41, 5.74) is 0.830. The Kier molecular flexibility index (Phi) is 7.85. The maximum Gasteiger partial charge on any atom is 0.193 e. The largest absolute Gasteiger partial charge is 0.367 e. The lowest BCUT2D eigenvalue weighted by molar-refractivity contribution is 0.266. The number of aryl methyl sites for hydroxylation is 1. The SMILES string of the molecule is CCNC(=NCCNc1ncnc2c1cnn2C)N1CCCC(C)C1.I. The van der Waals surface area contributed by atoms with Crippen LogP contribution in [0.5, 0.6) is 0 Å². The van der Waals surface area contributed by atoms with Crippen molar-refractivity contribution in [1.82, 2.24) is 30.0 Å².